The first-order chi connectivity index (χ1) is 14.8. The first-order valence-electron chi connectivity index (χ1n) is 9.36. The van der Waals surface area contributed by atoms with Gasteiger partial charge in [-0.25, -0.2) is 8.42 Å². The summed E-state index contributed by atoms with van der Waals surface area (Å²) in [6, 6.07) is 16.2. The SMILES string of the molecule is COc1ccc(S(=O)(=O)N2CCc3ccccc32)cc1C(=O)Nc1ccc(Cl)cc1Cl. The third kappa shape index (κ3) is 4.08. The highest BCUT2D eigenvalue weighted by molar-refractivity contribution is 7.92. The van der Waals surface area contributed by atoms with Gasteiger partial charge in [-0.1, -0.05) is 41.4 Å². The Kier molecular flexibility index (Phi) is 5.83. The Bertz CT molecular complexity index is 1280. The Morgan fingerprint density at radius 3 is 2.58 bits per heavy atom. The number of methoxy groups -OCH3 is 1. The normalized spacial score (nSPS) is 13.1. The molecule has 3 aromatic rings. The van der Waals surface area contributed by atoms with Crippen molar-refractivity contribution in [3.8, 4) is 5.75 Å². The van der Waals surface area contributed by atoms with E-state index in [1.807, 2.05) is 12.1 Å². The van der Waals surface area contributed by atoms with E-state index in [4.69, 9.17) is 27.9 Å². The second-order valence-electron chi connectivity index (χ2n) is 6.90. The summed E-state index contributed by atoms with van der Waals surface area (Å²) in [7, 11) is -2.46. The summed E-state index contributed by atoms with van der Waals surface area (Å²) in [5, 5.41) is 3.37. The number of sulfonamides is 1. The highest BCUT2D eigenvalue weighted by Crippen LogP contribution is 2.34. The quantitative estimate of drug-likeness (QED) is 0.561. The summed E-state index contributed by atoms with van der Waals surface area (Å²) in [5.74, 6) is -0.316. The lowest BCUT2D eigenvalue weighted by atomic mass is 10.2. The minimum absolute atomic E-state index is 0.00245. The molecule has 0 aromatic heterocycles. The molecule has 6 nitrogen and oxygen atoms in total. The van der Waals surface area contributed by atoms with Crippen molar-refractivity contribution in [1.29, 1.82) is 0 Å². The highest BCUT2D eigenvalue weighted by Gasteiger charge is 2.31. The monoisotopic (exact) mass is 476 g/mol. The van der Waals surface area contributed by atoms with Crippen LogP contribution in [0.1, 0.15) is 15.9 Å². The average Bonchev–Trinajstić information content (AvgIpc) is 3.20. The molecule has 160 valence electrons. The van der Waals surface area contributed by atoms with Crippen LogP contribution in [0.5, 0.6) is 5.75 Å². The van der Waals surface area contributed by atoms with Crippen LogP contribution in [0.15, 0.2) is 65.6 Å². The molecule has 0 saturated heterocycles. The zero-order valence-electron chi connectivity index (χ0n) is 16.4. The van der Waals surface area contributed by atoms with Crippen LogP contribution in [0.2, 0.25) is 10.0 Å². The van der Waals surface area contributed by atoms with Gasteiger partial charge in [0.1, 0.15) is 5.75 Å². The number of nitrogens with one attached hydrogen (secondary N) is 1. The maximum Gasteiger partial charge on any atom is 0.264 e. The molecule has 1 aliphatic heterocycles. The summed E-state index contributed by atoms with van der Waals surface area (Å²) >= 11 is 12.0. The van der Waals surface area contributed by atoms with E-state index >= 15 is 0 Å². The summed E-state index contributed by atoms with van der Waals surface area (Å²) in [6.07, 6.45) is 0.633. The number of anilines is 2. The van der Waals surface area contributed by atoms with E-state index in [0.717, 1.165) is 5.56 Å². The minimum Gasteiger partial charge on any atom is -0.496 e. The van der Waals surface area contributed by atoms with Crippen molar-refractivity contribution in [2.45, 2.75) is 11.3 Å². The fourth-order valence-electron chi connectivity index (χ4n) is 3.49. The maximum atomic E-state index is 13.3. The van der Waals surface area contributed by atoms with Crippen molar-refractivity contribution in [3.05, 3.63) is 81.8 Å². The summed E-state index contributed by atoms with van der Waals surface area (Å²) in [5.41, 5.74) is 2.04. The van der Waals surface area contributed by atoms with Crippen molar-refractivity contribution in [2.24, 2.45) is 0 Å². The van der Waals surface area contributed by atoms with Crippen molar-refractivity contribution in [3.63, 3.8) is 0 Å². The third-order valence-electron chi connectivity index (χ3n) is 5.03. The highest BCUT2D eigenvalue weighted by atomic mass is 35.5. The fourth-order valence-corrected chi connectivity index (χ4v) is 5.48. The van der Waals surface area contributed by atoms with Crippen LogP contribution in [0.25, 0.3) is 0 Å². The van der Waals surface area contributed by atoms with Gasteiger partial charge in [-0.15, -0.1) is 0 Å². The molecule has 0 aliphatic carbocycles. The number of benzene rings is 3. The maximum absolute atomic E-state index is 13.3. The first-order valence-corrected chi connectivity index (χ1v) is 11.6. The molecule has 1 amide bonds. The van der Waals surface area contributed by atoms with Gasteiger partial charge in [0.2, 0.25) is 0 Å². The topological polar surface area (TPSA) is 75.7 Å². The molecule has 1 heterocycles. The molecule has 1 aliphatic rings. The van der Waals surface area contributed by atoms with Gasteiger partial charge in [0.15, 0.2) is 0 Å². The molecule has 4 rings (SSSR count). The molecule has 0 radical (unpaired) electrons. The molecular formula is C22H18Cl2N2O4S. The van der Waals surface area contributed by atoms with E-state index in [9.17, 15) is 13.2 Å². The zero-order chi connectivity index (χ0) is 22.2. The van der Waals surface area contributed by atoms with E-state index in [0.29, 0.717) is 29.4 Å². The number of hydrogen-bond acceptors (Lipinski definition) is 4. The van der Waals surface area contributed by atoms with E-state index in [2.05, 4.69) is 5.32 Å². The van der Waals surface area contributed by atoms with Crippen molar-refractivity contribution < 1.29 is 17.9 Å². The Morgan fingerprint density at radius 2 is 1.84 bits per heavy atom. The number of nitrogens with zero attached hydrogens (tertiary/aromatic N) is 1. The van der Waals surface area contributed by atoms with E-state index in [-0.39, 0.29) is 21.2 Å². The third-order valence-corrected chi connectivity index (χ3v) is 7.38. The van der Waals surface area contributed by atoms with Gasteiger partial charge >= 0.3 is 0 Å². The van der Waals surface area contributed by atoms with Gasteiger partial charge in [0.05, 0.1) is 34.0 Å². The lowest BCUT2D eigenvalue weighted by Crippen LogP contribution is -2.29. The molecule has 0 spiro atoms. The molecule has 0 bridgehead atoms. The average molecular weight is 477 g/mol. The Morgan fingerprint density at radius 1 is 1.06 bits per heavy atom. The summed E-state index contributed by atoms with van der Waals surface area (Å²) in [6.45, 7) is 0.343. The van der Waals surface area contributed by atoms with Gasteiger partial charge in [-0.2, -0.15) is 0 Å². The van der Waals surface area contributed by atoms with Gasteiger partial charge in [-0.3, -0.25) is 9.10 Å². The fraction of sp³-hybridized carbons (Fsp3) is 0.136. The second kappa shape index (κ2) is 8.42. The molecular weight excluding hydrogens is 459 g/mol. The standard InChI is InChI=1S/C22H18Cl2N2O4S/c1-30-21-9-7-16(31(28,29)26-11-10-14-4-2-3-5-20(14)26)13-17(21)22(27)25-19-8-6-15(23)12-18(19)24/h2-9,12-13H,10-11H2,1H3,(H,25,27). The van der Waals surface area contributed by atoms with Crippen molar-refractivity contribution in [2.75, 3.05) is 23.3 Å². The number of halogens is 2. The molecule has 0 saturated carbocycles. The van der Waals surface area contributed by atoms with Crippen LogP contribution in [0.4, 0.5) is 11.4 Å². The van der Waals surface area contributed by atoms with Gasteiger partial charge in [-0.05, 0) is 54.4 Å². The van der Waals surface area contributed by atoms with Gasteiger partial charge < -0.3 is 10.1 Å². The summed E-state index contributed by atoms with van der Waals surface area (Å²) < 4.78 is 33.3. The van der Waals surface area contributed by atoms with Crippen LogP contribution in [-0.4, -0.2) is 28.0 Å². The largest absolute Gasteiger partial charge is 0.496 e. The molecule has 0 fully saturated rings. The number of rotatable bonds is 5. The predicted octanol–water partition coefficient (Wildman–Crippen LogP) is 5.01. The predicted molar refractivity (Wildman–Crippen MR) is 122 cm³/mol. The molecule has 9 heteroatoms. The Balaban J connectivity index is 1.70. The number of hydrogen-bond donors (Lipinski definition) is 1. The molecule has 0 unspecified atom stereocenters. The minimum atomic E-state index is -3.87. The van der Waals surface area contributed by atoms with Gasteiger partial charge in [0.25, 0.3) is 15.9 Å². The lowest BCUT2D eigenvalue weighted by molar-refractivity contribution is 0.102. The number of amides is 1. The number of ether oxygens (including phenoxy) is 1. The first kappa shape index (κ1) is 21.5. The van der Waals surface area contributed by atoms with E-state index in [1.165, 1.54) is 35.7 Å². The van der Waals surface area contributed by atoms with Crippen LogP contribution >= 0.6 is 23.2 Å². The summed E-state index contributed by atoms with van der Waals surface area (Å²) in [4.78, 5) is 12.9. The van der Waals surface area contributed by atoms with Crippen LogP contribution in [0, 0.1) is 0 Å². The zero-order valence-corrected chi connectivity index (χ0v) is 18.8. The lowest BCUT2D eigenvalue weighted by Gasteiger charge is -2.20. The van der Waals surface area contributed by atoms with E-state index in [1.54, 1.807) is 24.3 Å². The Hall–Kier alpha value is -2.74. The van der Waals surface area contributed by atoms with Crippen LogP contribution in [-0.2, 0) is 16.4 Å². The second-order valence-corrected chi connectivity index (χ2v) is 9.60. The number of carbonyl (C=O) groups excluding carboxylic acids is 1. The van der Waals surface area contributed by atoms with Crippen LogP contribution < -0.4 is 14.4 Å². The Labute approximate surface area is 190 Å². The number of fused-ring (bicyclic) bond motifs is 1. The van der Waals surface area contributed by atoms with Crippen molar-refractivity contribution >= 4 is 50.5 Å². The molecule has 1 N–H and O–H groups in total. The molecule has 31 heavy (non-hydrogen) atoms. The molecule has 0 atom stereocenters. The number of para-hydroxylation sites is 1. The molecule has 3 aromatic carbocycles. The number of carbonyl (C=O) groups is 1. The van der Waals surface area contributed by atoms with Gasteiger partial charge in [0, 0.05) is 11.6 Å². The van der Waals surface area contributed by atoms with Crippen molar-refractivity contribution in [1.82, 2.24) is 0 Å². The van der Waals surface area contributed by atoms with Crippen LogP contribution in [0.3, 0.4) is 0 Å². The smallest absolute Gasteiger partial charge is 0.264 e. The van der Waals surface area contributed by atoms with E-state index < -0.39 is 15.9 Å².